The molecular weight excluding hydrogens is 256 g/mol. The van der Waals surface area contributed by atoms with E-state index in [0.29, 0.717) is 6.61 Å². The van der Waals surface area contributed by atoms with E-state index in [1.807, 2.05) is 0 Å². The predicted octanol–water partition coefficient (Wildman–Crippen LogP) is 6.88. The van der Waals surface area contributed by atoms with Gasteiger partial charge in [-0.2, -0.15) is 0 Å². The molecule has 0 radical (unpaired) electrons. The second-order valence-electron chi connectivity index (χ2n) is 6.79. The molecule has 0 aliphatic rings. The molecule has 0 spiro atoms. The molecule has 0 rings (SSSR count). The van der Waals surface area contributed by atoms with E-state index < -0.39 is 0 Å². The van der Waals surface area contributed by atoms with E-state index in [4.69, 9.17) is 5.11 Å². The van der Waals surface area contributed by atoms with Crippen LogP contribution in [0.2, 0.25) is 0 Å². The van der Waals surface area contributed by atoms with Gasteiger partial charge in [0.15, 0.2) is 0 Å². The second kappa shape index (κ2) is 18.0. The van der Waals surface area contributed by atoms with Crippen molar-refractivity contribution in [2.45, 2.75) is 117 Å². The zero-order valence-electron chi connectivity index (χ0n) is 15.0. The molecule has 1 nitrogen and oxygen atoms in total. The first-order valence-corrected chi connectivity index (χ1v) is 9.96. The molecule has 0 saturated carbocycles. The van der Waals surface area contributed by atoms with Crippen molar-refractivity contribution in [3.63, 3.8) is 0 Å². The van der Waals surface area contributed by atoms with Crippen molar-refractivity contribution in [3.05, 3.63) is 0 Å². The molecule has 0 unspecified atom stereocenters. The molecule has 0 aromatic carbocycles. The van der Waals surface area contributed by atoms with Gasteiger partial charge in [0, 0.05) is 6.61 Å². The zero-order chi connectivity index (χ0) is 15.6. The summed E-state index contributed by atoms with van der Waals surface area (Å²) < 4.78 is 0. The number of unbranched alkanes of at least 4 members (excludes halogenated alkanes) is 12. The van der Waals surface area contributed by atoms with Crippen molar-refractivity contribution in [2.75, 3.05) is 6.61 Å². The lowest BCUT2D eigenvalue weighted by atomic mass is 9.95. The lowest BCUT2D eigenvalue weighted by Crippen LogP contribution is -1.96. The molecule has 0 heterocycles. The van der Waals surface area contributed by atoms with Gasteiger partial charge in [0.25, 0.3) is 0 Å². The third-order valence-electron chi connectivity index (χ3n) is 4.93. The minimum Gasteiger partial charge on any atom is -0.396 e. The average molecular weight is 299 g/mol. The molecule has 1 heteroatoms. The van der Waals surface area contributed by atoms with Crippen LogP contribution in [0, 0.1) is 5.92 Å². The summed E-state index contributed by atoms with van der Waals surface area (Å²) in [4.78, 5) is 0. The molecule has 0 saturated heterocycles. The highest BCUT2D eigenvalue weighted by Crippen LogP contribution is 2.18. The number of hydrogen-bond acceptors (Lipinski definition) is 1. The summed E-state index contributed by atoms with van der Waals surface area (Å²) in [6.45, 7) is 5.04. The Kier molecular flexibility index (Phi) is 18.0. The third kappa shape index (κ3) is 16.2. The van der Waals surface area contributed by atoms with Gasteiger partial charge in [0.2, 0.25) is 0 Å². The Morgan fingerprint density at radius 1 is 0.524 bits per heavy atom. The van der Waals surface area contributed by atoms with E-state index in [-0.39, 0.29) is 0 Å². The summed E-state index contributed by atoms with van der Waals surface area (Å²) in [7, 11) is 0. The van der Waals surface area contributed by atoms with Crippen molar-refractivity contribution < 1.29 is 5.11 Å². The van der Waals surface area contributed by atoms with Crippen molar-refractivity contribution >= 4 is 0 Å². The Labute approximate surface area is 134 Å². The van der Waals surface area contributed by atoms with Gasteiger partial charge in [0.05, 0.1) is 0 Å². The molecule has 1 N–H and O–H groups in total. The number of aliphatic hydroxyl groups excluding tert-OH is 1. The van der Waals surface area contributed by atoms with Crippen molar-refractivity contribution in [1.29, 1.82) is 0 Å². The summed E-state index contributed by atoms with van der Waals surface area (Å²) in [5.41, 5.74) is 0. The van der Waals surface area contributed by atoms with Gasteiger partial charge in [-0.05, 0) is 12.3 Å². The minimum absolute atomic E-state index is 0.373. The highest BCUT2D eigenvalue weighted by atomic mass is 16.2. The molecule has 0 fully saturated rings. The van der Waals surface area contributed by atoms with Crippen LogP contribution in [0.25, 0.3) is 0 Å². The fraction of sp³-hybridized carbons (Fsp3) is 1.00. The monoisotopic (exact) mass is 298 g/mol. The van der Waals surface area contributed by atoms with Crippen LogP contribution in [-0.4, -0.2) is 11.7 Å². The van der Waals surface area contributed by atoms with Crippen LogP contribution in [0.5, 0.6) is 0 Å². The van der Waals surface area contributed by atoms with Crippen LogP contribution in [-0.2, 0) is 0 Å². The molecule has 21 heavy (non-hydrogen) atoms. The van der Waals surface area contributed by atoms with Crippen LogP contribution >= 0.6 is 0 Å². The van der Waals surface area contributed by atoms with Gasteiger partial charge in [-0.15, -0.1) is 0 Å². The second-order valence-corrected chi connectivity index (χ2v) is 6.79. The van der Waals surface area contributed by atoms with Crippen molar-refractivity contribution in [3.8, 4) is 0 Å². The summed E-state index contributed by atoms with van der Waals surface area (Å²) in [6, 6.07) is 0. The van der Waals surface area contributed by atoms with Gasteiger partial charge in [-0.25, -0.2) is 0 Å². The van der Waals surface area contributed by atoms with Crippen LogP contribution in [0.4, 0.5) is 0 Å². The van der Waals surface area contributed by atoms with E-state index in [2.05, 4.69) is 13.8 Å². The summed E-state index contributed by atoms with van der Waals surface area (Å²) >= 11 is 0. The van der Waals surface area contributed by atoms with E-state index in [0.717, 1.165) is 12.3 Å². The molecule has 0 bridgehead atoms. The average Bonchev–Trinajstić information content (AvgIpc) is 2.51. The third-order valence-corrected chi connectivity index (χ3v) is 4.93. The van der Waals surface area contributed by atoms with Crippen LogP contribution in [0.3, 0.4) is 0 Å². The van der Waals surface area contributed by atoms with Crippen LogP contribution < -0.4 is 0 Å². The Hall–Kier alpha value is -0.0400. The van der Waals surface area contributed by atoms with Gasteiger partial charge >= 0.3 is 0 Å². The molecular formula is C20H42O. The van der Waals surface area contributed by atoms with Gasteiger partial charge in [-0.3, -0.25) is 0 Å². The molecule has 0 amide bonds. The maximum Gasteiger partial charge on any atom is 0.0431 e. The first-order valence-electron chi connectivity index (χ1n) is 9.96. The molecule has 0 atom stereocenters. The summed E-state index contributed by atoms with van der Waals surface area (Å²) in [5, 5.41) is 8.70. The van der Waals surface area contributed by atoms with E-state index in [1.165, 1.54) is 96.3 Å². The van der Waals surface area contributed by atoms with Gasteiger partial charge < -0.3 is 5.11 Å². The molecule has 0 aromatic heterocycles. The van der Waals surface area contributed by atoms with Crippen molar-refractivity contribution in [1.82, 2.24) is 0 Å². The highest BCUT2D eigenvalue weighted by molar-refractivity contribution is 4.55. The van der Waals surface area contributed by atoms with E-state index in [1.54, 1.807) is 0 Å². The maximum absolute atomic E-state index is 8.70. The minimum atomic E-state index is 0.373. The summed E-state index contributed by atoms with van der Waals surface area (Å²) in [6.07, 6.45) is 22.1. The SMILES string of the molecule is CCC(CC)CCCCCCCCCCCCCCCO. The lowest BCUT2D eigenvalue weighted by Gasteiger charge is -2.11. The molecule has 0 aliphatic carbocycles. The van der Waals surface area contributed by atoms with Crippen LogP contribution in [0.1, 0.15) is 117 Å². The van der Waals surface area contributed by atoms with Crippen molar-refractivity contribution in [2.24, 2.45) is 5.92 Å². The number of hydrogen-bond donors (Lipinski definition) is 1. The lowest BCUT2D eigenvalue weighted by molar-refractivity contribution is 0.282. The predicted molar refractivity (Wildman–Crippen MR) is 95.8 cm³/mol. The maximum atomic E-state index is 8.70. The van der Waals surface area contributed by atoms with E-state index in [9.17, 15) is 0 Å². The Morgan fingerprint density at radius 2 is 0.857 bits per heavy atom. The molecule has 128 valence electrons. The van der Waals surface area contributed by atoms with Crippen LogP contribution in [0.15, 0.2) is 0 Å². The molecule has 0 aliphatic heterocycles. The number of aliphatic hydroxyl groups is 1. The zero-order valence-corrected chi connectivity index (χ0v) is 15.0. The smallest absolute Gasteiger partial charge is 0.0431 e. The first-order chi connectivity index (χ1) is 10.3. The molecule has 0 aromatic rings. The fourth-order valence-electron chi connectivity index (χ4n) is 3.19. The largest absolute Gasteiger partial charge is 0.396 e. The summed E-state index contributed by atoms with van der Waals surface area (Å²) in [5.74, 6) is 0.988. The van der Waals surface area contributed by atoms with Gasteiger partial charge in [-0.1, -0.05) is 110 Å². The Morgan fingerprint density at radius 3 is 1.19 bits per heavy atom. The first kappa shape index (κ1) is 21.0. The fourth-order valence-corrected chi connectivity index (χ4v) is 3.19. The van der Waals surface area contributed by atoms with E-state index >= 15 is 0 Å². The number of rotatable bonds is 17. The van der Waals surface area contributed by atoms with Gasteiger partial charge in [0.1, 0.15) is 0 Å². The standard InChI is InChI=1S/C20H42O/c1-3-20(4-2)18-16-14-12-10-8-6-5-7-9-11-13-15-17-19-21/h20-21H,3-19H2,1-2H3. The Balaban J connectivity index is 3.02. The quantitative estimate of drug-likeness (QED) is 0.290. The Bertz CT molecular complexity index is 175. The normalized spacial score (nSPS) is 11.4. The topological polar surface area (TPSA) is 20.2 Å². The highest BCUT2D eigenvalue weighted by Gasteiger charge is 2.02.